The Hall–Kier alpha value is -3.02. The Labute approximate surface area is 147 Å². The molecule has 0 radical (unpaired) electrons. The molecular weight excluding hydrogens is 316 g/mol. The van der Waals surface area contributed by atoms with Crippen LogP contribution in [0, 0.1) is 0 Å². The number of imidazole rings is 1. The fourth-order valence-corrected chi connectivity index (χ4v) is 2.66. The van der Waals surface area contributed by atoms with E-state index in [9.17, 15) is 4.79 Å². The second kappa shape index (κ2) is 7.70. The third kappa shape index (κ3) is 4.29. The molecule has 1 N–H and O–H groups in total. The molecule has 6 nitrogen and oxygen atoms in total. The second-order valence-electron chi connectivity index (χ2n) is 5.89. The zero-order valence-electron chi connectivity index (χ0n) is 14.5. The van der Waals surface area contributed by atoms with Crippen LogP contribution in [0.3, 0.4) is 0 Å². The normalized spacial score (nSPS) is 10.6. The number of aromatic nitrogens is 2. The Bertz CT molecular complexity index is 826. The maximum atomic E-state index is 12.2. The Balaban J connectivity index is 1.49. The van der Waals surface area contributed by atoms with Gasteiger partial charge >= 0.3 is 6.03 Å². The number of methoxy groups -OCH3 is 1. The number of pyridine rings is 1. The van der Waals surface area contributed by atoms with Gasteiger partial charge in [-0.2, -0.15) is 0 Å². The number of ether oxygens (including phenoxy) is 1. The van der Waals surface area contributed by atoms with Crippen LogP contribution in [-0.2, 0) is 13.0 Å². The van der Waals surface area contributed by atoms with Crippen LogP contribution in [0.4, 0.5) is 4.79 Å². The first kappa shape index (κ1) is 16.8. The van der Waals surface area contributed by atoms with Crippen LogP contribution in [0.15, 0.2) is 54.9 Å². The van der Waals surface area contributed by atoms with Crippen molar-refractivity contribution in [2.45, 2.75) is 13.0 Å². The maximum absolute atomic E-state index is 12.2. The van der Waals surface area contributed by atoms with Gasteiger partial charge in [-0.1, -0.05) is 18.2 Å². The van der Waals surface area contributed by atoms with E-state index < -0.39 is 0 Å². The van der Waals surface area contributed by atoms with Crippen molar-refractivity contribution < 1.29 is 9.53 Å². The minimum atomic E-state index is -0.105. The molecule has 130 valence electrons. The van der Waals surface area contributed by atoms with Crippen molar-refractivity contribution in [1.29, 1.82) is 0 Å². The van der Waals surface area contributed by atoms with Crippen molar-refractivity contribution in [2.75, 3.05) is 20.7 Å². The minimum Gasteiger partial charge on any atom is -0.497 e. The van der Waals surface area contributed by atoms with Crippen molar-refractivity contribution in [2.24, 2.45) is 0 Å². The summed E-state index contributed by atoms with van der Waals surface area (Å²) in [4.78, 5) is 18.4. The van der Waals surface area contributed by atoms with Gasteiger partial charge < -0.3 is 19.4 Å². The monoisotopic (exact) mass is 338 g/mol. The van der Waals surface area contributed by atoms with Gasteiger partial charge in [-0.15, -0.1) is 0 Å². The lowest BCUT2D eigenvalue weighted by Gasteiger charge is -2.18. The van der Waals surface area contributed by atoms with E-state index >= 15 is 0 Å². The SMILES string of the molecule is COc1cccc(CN(C)C(=O)NCCc2cn3ccccc3n2)c1. The summed E-state index contributed by atoms with van der Waals surface area (Å²) < 4.78 is 7.19. The summed E-state index contributed by atoms with van der Waals surface area (Å²) in [7, 11) is 3.41. The largest absolute Gasteiger partial charge is 0.497 e. The van der Waals surface area contributed by atoms with E-state index in [1.165, 1.54) is 0 Å². The highest BCUT2D eigenvalue weighted by Gasteiger charge is 2.09. The molecule has 1 aromatic carbocycles. The lowest BCUT2D eigenvalue weighted by atomic mass is 10.2. The summed E-state index contributed by atoms with van der Waals surface area (Å²) in [6, 6.07) is 13.5. The van der Waals surface area contributed by atoms with Crippen LogP contribution in [0.5, 0.6) is 5.75 Å². The molecule has 0 saturated heterocycles. The number of hydrogen-bond acceptors (Lipinski definition) is 3. The number of rotatable bonds is 6. The molecule has 2 heterocycles. The molecule has 0 aliphatic heterocycles. The van der Waals surface area contributed by atoms with Crippen LogP contribution in [0.1, 0.15) is 11.3 Å². The summed E-state index contributed by atoms with van der Waals surface area (Å²) in [5.41, 5.74) is 2.90. The number of carbonyl (C=O) groups is 1. The first-order valence-corrected chi connectivity index (χ1v) is 8.20. The highest BCUT2D eigenvalue weighted by molar-refractivity contribution is 5.73. The van der Waals surface area contributed by atoms with Gasteiger partial charge in [0.05, 0.1) is 12.8 Å². The molecule has 0 spiro atoms. The third-order valence-corrected chi connectivity index (χ3v) is 3.97. The number of urea groups is 1. The summed E-state index contributed by atoms with van der Waals surface area (Å²) in [6.07, 6.45) is 4.65. The van der Waals surface area contributed by atoms with Crippen molar-refractivity contribution >= 4 is 11.7 Å². The van der Waals surface area contributed by atoms with Crippen LogP contribution >= 0.6 is 0 Å². The first-order chi connectivity index (χ1) is 12.2. The van der Waals surface area contributed by atoms with E-state index in [2.05, 4.69) is 10.3 Å². The summed E-state index contributed by atoms with van der Waals surface area (Å²) >= 11 is 0. The molecule has 3 rings (SSSR count). The highest BCUT2D eigenvalue weighted by Crippen LogP contribution is 2.13. The number of nitrogens with one attached hydrogen (secondary N) is 1. The van der Waals surface area contributed by atoms with E-state index in [0.29, 0.717) is 19.5 Å². The Morgan fingerprint density at radius 3 is 2.96 bits per heavy atom. The smallest absolute Gasteiger partial charge is 0.317 e. The topological polar surface area (TPSA) is 58.9 Å². The zero-order chi connectivity index (χ0) is 17.6. The molecule has 0 bridgehead atoms. The molecule has 0 fully saturated rings. The molecule has 0 unspecified atom stereocenters. The quantitative estimate of drug-likeness (QED) is 0.752. The van der Waals surface area contributed by atoms with E-state index in [0.717, 1.165) is 22.7 Å². The van der Waals surface area contributed by atoms with E-state index in [4.69, 9.17) is 4.74 Å². The molecule has 0 aliphatic carbocycles. The molecular formula is C19H22N4O2. The van der Waals surface area contributed by atoms with Crippen LogP contribution in [0.25, 0.3) is 5.65 Å². The molecule has 0 atom stereocenters. The Kier molecular flexibility index (Phi) is 5.18. The van der Waals surface area contributed by atoms with Crippen molar-refractivity contribution in [3.05, 3.63) is 66.1 Å². The third-order valence-electron chi connectivity index (χ3n) is 3.97. The fraction of sp³-hybridized carbons (Fsp3) is 0.263. The molecule has 6 heteroatoms. The van der Waals surface area contributed by atoms with E-state index in [1.807, 2.05) is 59.3 Å². The summed E-state index contributed by atoms with van der Waals surface area (Å²) in [6.45, 7) is 1.07. The van der Waals surface area contributed by atoms with Gasteiger partial charge in [-0.25, -0.2) is 9.78 Å². The average molecular weight is 338 g/mol. The fourth-order valence-electron chi connectivity index (χ4n) is 2.66. The lowest BCUT2D eigenvalue weighted by molar-refractivity contribution is 0.207. The van der Waals surface area contributed by atoms with Gasteiger partial charge in [0.1, 0.15) is 11.4 Å². The molecule has 2 aromatic heterocycles. The molecule has 2 amide bonds. The van der Waals surface area contributed by atoms with E-state index in [1.54, 1.807) is 19.1 Å². The predicted octanol–water partition coefficient (Wildman–Crippen LogP) is 2.73. The second-order valence-corrected chi connectivity index (χ2v) is 5.89. The lowest BCUT2D eigenvalue weighted by Crippen LogP contribution is -2.37. The first-order valence-electron chi connectivity index (χ1n) is 8.20. The molecule has 25 heavy (non-hydrogen) atoms. The molecule has 0 saturated carbocycles. The van der Waals surface area contributed by atoms with Crippen molar-refractivity contribution in [3.8, 4) is 5.75 Å². The van der Waals surface area contributed by atoms with Crippen molar-refractivity contribution in [1.82, 2.24) is 19.6 Å². The van der Waals surface area contributed by atoms with E-state index in [-0.39, 0.29) is 6.03 Å². The number of hydrogen-bond donors (Lipinski definition) is 1. The standard InChI is InChI=1S/C19H22N4O2/c1-22(13-15-6-5-7-17(12-15)25-2)19(24)20-10-9-16-14-23-11-4-3-8-18(23)21-16/h3-8,11-12,14H,9-10,13H2,1-2H3,(H,20,24). The van der Waals surface area contributed by atoms with Gasteiger partial charge in [0, 0.05) is 39.0 Å². The van der Waals surface area contributed by atoms with Gasteiger partial charge in [0.15, 0.2) is 0 Å². The van der Waals surface area contributed by atoms with Crippen LogP contribution < -0.4 is 10.1 Å². The molecule has 3 aromatic rings. The molecule has 0 aliphatic rings. The maximum Gasteiger partial charge on any atom is 0.317 e. The summed E-state index contributed by atoms with van der Waals surface area (Å²) in [5.74, 6) is 0.790. The van der Waals surface area contributed by atoms with Gasteiger partial charge in [-0.3, -0.25) is 0 Å². The summed E-state index contributed by atoms with van der Waals surface area (Å²) in [5, 5.41) is 2.93. The van der Waals surface area contributed by atoms with Gasteiger partial charge in [-0.05, 0) is 29.8 Å². The minimum absolute atomic E-state index is 0.105. The average Bonchev–Trinajstić information content (AvgIpc) is 3.04. The number of fused-ring (bicyclic) bond motifs is 1. The van der Waals surface area contributed by atoms with Crippen LogP contribution in [0.2, 0.25) is 0 Å². The predicted molar refractivity (Wildman–Crippen MR) is 96.8 cm³/mol. The zero-order valence-corrected chi connectivity index (χ0v) is 14.5. The number of benzene rings is 1. The number of amides is 2. The number of nitrogens with zero attached hydrogens (tertiary/aromatic N) is 3. The Morgan fingerprint density at radius 2 is 2.16 bits per heavy atom. The van der Waals surface area contributed by atoms with Gasteiger partial charge in [0.2, 0.25) is 0 Å². The van der Waals surface area contributed by atoms with Gasteiger partial charge in [0.25, 0.3) is 0 Å². The van der Waals surface area contributed by atoms with Crippen molar-refractivity contribution in [3.63, 3.8) is 0 Å². The van der Waals surface area contributed by atoms with Crippen LogP contribution in [-0.4, -0.2) is 41.0 Å². The number of carbonyl (C=O) groups excluding carboxylic acids is 1. The Morgan fingerprint density at radius 1 is 1.28 bits per heavy atom. The highest BCUT2D eigenvalue weighted by atomic mass is 16.5.